The maximum absolute atomic E-state index is 12.2. The zero-order valence-corrected chi connectivity index (χ0v) is 15.7. The Labute approximate surface area is 152 Å². The lowest BCUT2D eigenvalue weighted by Gasteiger charge is -2.37. The third kappa shape index (κ3) is 4.56. The minimum Gasteiger partial charge on any atom is -0.447 e. The summed E-state index contributed by atoms with van der Waals surface area (Å²) < 4.78 is 5.34. The van der Waals surface area contributed by atoms with Gasteiger partial charge in [-0.05, 0) is 24.0 Å². The highest BCUT2D eigenvalue weighted by Crippen LogP contribution is 2.39. The number of benzene rings is 1. The SMILES string of the molecule is CCCCCCCCCCC[C@@H]1c2ccccc2C[C@H]2COC(=O)N21. The molecule has 3 heteroatoms. The lowest BCUT2D eigenvalue weighted by Crippen LogP contribution is -2.42. The van der Waals surface area contributed by atoms with Crippen molar-refractivity contribution in [2.75, 3.05) is 6.61 Å². The van der Waals surface area contributed by atoms with Gasteiger partial charge in [-0.3, -0.25) is 4.90 Å². The van der Waals surface area contributed by atoms with Gasteiger partial charge in [0.25, 0.3) is 0 Å². The van der Waals surface area contributed by atoms with Crippen LogP contribution in [0.15, 0.2) is 24.3 Å². The van der Waals surface area contributed by atoms with Gasteiger partial charge >= 0.3 is 6.09 Å². The van der Waals surface area contributed by atoms with Crippen LogP contribution in [0.3, 0.4) is 0 Å². The van der Waals surface area contributed by atoms with Gasteiger partial charge in [-0.2, -0.15) is 0 Å². The molecule has 0 aliphatic carbocycles. The molecule has 2 heterocycles. The van der Waals surface area contributed by atoms with E-state index in [9.17, 15) is 4.79 Å². The van der Waals surface area contributed by atoms with Crippen molar-refractivity contribution < 1.29 is 9.53 Å². The summed E-state index contributed by atoms with van der Waals surface area (Å²) in [7, 11) is 0. The van der Waals surface area contributed by atoms with E-state index in [-0.39, 0.29) is 18.2 Å². The summed E-state index contributed by atoms with van der Waals surface area (Å²) >= 11 is 0. The van der Waals surface area contributed by atoms with Gasteiger partial charge in [0, 0.05) is 0 Å². The maximum atomic E-state index is 12.2. The van der Waals surface area contributed by atoms with Crippen molar-refractivity contribution in [3.8, 4) is 0 Å². The van der Waals surface area contributed by atoms with Gasteiger partial charge in [0.1, 0.15) is 6.61 Å². The van der Waals surface area contributed by atoms with Crippen LogP contribution in [0.2, 0.25) is 0 Å². The van der Waals surface area contributed by atoms with Crippen molar-refractivity contribution in [3.05, 3.63) is 35.4 Å². The van der Waals surface area contributed by atoms with E-state index in [0.717, 1.165) is 12.8 Å². The largest absolute Gasteiger partial charge is 0.447 e. The molecule has 1 aromatic rings. The second kappa shape index (κ2) is 9.26. The number of cyclic esters (lactones) is 1. The van der Waals surface area contributed by atoms with Crippen LogP contribution in [0.5, 0.6) is 0 Å². The van der Waals surface area contributed by atoms with Crippen molar-refractivity contribution in [3.63, 3.8) is 0 Å². The fourth-order valence-corrected chi connectivity index (χ4v) is 4.40. The van der Waals surface area contributed by atoms with Gasteiger partial charge in [-0.15, -0.1) is 0 Å². The van der Waals surface area contributed by atoms with E-state index in [4.69, 9.17) is 4.74 Å². The van der Waals surface area contributed by atoms with Gasteiger partial charge in [0.15, 0.2) is 0 Å². The number of hydrogen-bond acceptors (Lipinski definition) is 2. The van der Waals surface area contributed by atoms with Gasteiger partial charge in [-0.25, -0.2) is 4.79 Å². The first kappa shape index (κ1) is 18.3. The van der Waals surface area contributed by atoms with Crippen LogP contribution in [-0.2, 0) is 11.2 Å². The van der Waals surface area contributed by atoms with Gasteiger partial charge < -0.3 is 4.74 Å². The lowest BCUT2D eigenvalue weighted by molar-refractivity contribution is 0.137. The Morgan fingerprint density at radius 1 is 1.00 bits per heavy atom. The number of nitrogens with zero attached hydrogens (tertiary/aromatic N) is 1. The maximum Gasteiger partial charge on any atom is 0.410 e. The van der Waals surface area contributed by atoms with Crippen LogP contribution >= 0.6 is 0 Å². The Morgan fingerprint density at radius 3 is 2.44 bits per heavy atom. The van der Waals surface area contributed by atoms with Gasteiger partial charge in [0.05, 0.1) is 12.1 Å². The molecule has 25 heavy (non-hydrogen) atoms. The van der Waals surface area contributed by atoms with E-state index in [1.807, 2.05) is 4.90 Å². The first-order chi connectivity index (χ1) is 12.3. The minimum absolute atomic E-state index is 0.111. The zero-order valence-electron chi connectivity index (χ0n) is 15.7. The Morgan fingerprint density at radius 2 is 1.68 bits per heavy atom. The van der Waals surface area contributed by atoms with E-state index in [0.29, 0.717) is 6.61 Å². The summed E-state index contributed by atoms with van der Waals surface area (Å²) in [4.78, 5) is 14.2. The average molecular weight is 344 g/mol. The van der Waals surface area contributed by atoms with E-state index in [1.54, 1.807) is 0 Å². The normalized spacial score (nSPS) is 21.8. The van der Waals surface area contributed by atoms with E-state index in [1.165, 1.54) is 68.9 Å². The van der Waals surface area contributed by atoms with Crippen molar-refractivity contribution in [2.45, 2.75) is 89.6 Å². The second-order valence-corrected chi connectivity index (χ2v) is 7.67. The smallest absolute Gasteiger partial charge is 0.410 e. The van der Waals surface area contributed by atoms with Crippen LogP contribution in [-0.4, -0.2) is 23.6 Å². The molecule has 1 aromatic carbocycles. The summed E-state index contributed by atoms with van der Waals surface area (Å²) in [6, 6.07) is 9.10. The highest BCUT2D eigenvalue weighted by molar-refractivity contribution is 5.71. The molecule has 0 saturated carbocycles. The molecule has 1 amide bonds. The topological polar surface area (TPSA) is 29.5 Å². The summed E-state index contributed by atoms with van der Waals surface area (Å²) in [6.45, 7) is 2.82. The van der Waals surface area contributed by atoms with Gasteiger partial charge in [0.2, 0.25) is 0 Å². The Hall–Kier alpha value is -1.51. The van der Waals surface area contributed by atoms with Crippen LogP contribution < -0.4 is 0 Å². The molecule has 0 aromatic heterocycles. The zero-order chi connectivity index (χ0) is 17.5. The molecule has 0 radical (unpaired) electrons. The summed E-state index contributed by atoms with van der Waals surface area (Å²) in [5.74, 6) is 0. The molecular formula is C22H33NO2. The van der Waals surface area contributed by atoms with E-state index >= 15 is 0 Å². The van der Waals surface area contributed by atoms with Crippen LogP contribution in [0.25, 0.3) is 0 Å². The molecule has 0 N–H and O–H groups in total. The average Bonchev–Trinajstić information content (AvgIpc) is 3.00. The standard InChI is InChI=1S/C22H33NO2/c1-2-3-4-5-6-7-8-9-10-15-21-20-14-12-11-13-18(20)16-19-17-25-22(24)23(19)21/h11-14,19,21H,2-10,15-17H2,1H3/t19-,21+/m0/s1. The number of hydrogen-bond donors (Lipinski definition) is 0. The van der Waals surface area contributed by atoms with Crippen LogP contribution in [0.4, 0.5) is 4.79 Å². The number of carbonyl (C=O) groups is 1. The highest BCUT2D eigenvalue weighted by Gasteiger charge is 2.42. The Bertz CT molecular complexity index is 557. The molecule has 2 aliphatic rings. The molecule has 3 rings (SSSR count). The Balaban J connectivity index is 1.46. The molecule has 3 nitrogen and oxygen atoms in total. The van der Waals surface area contributed by atoms with Crippen molar-refractivity contribution in [1.29, 1.82) is 0 Å². The minimum atomic E-state index is -0.111. The molecule has 0 spiro atoms. The van der Waals surface area contributed by atoms with Crippen molar-refractivity contribution >= 4 is 6.09 Å². The number of amides is 1. The van der Waals surface area contributed by atoms with E-state index < -0.39 is 0 Å². The van der Waals surface area contributed by atoms with Crippen molar-refractivity contribution in [1.82, 2.24) is 4.90 Å². The van der Waals surface area contributed by atoms with Crippen LogP contribution in [0.1, 0.15) is 88.3 Å². The van der Waals surface area contributed by atoms with Gasteiger partial charge in [-0.1, -0.05) is 89.0 Å². The monoisotopic (exact) mass is 343 g/mol. The lowest BCUT2D eigenvalue weighted by atomic mass is 9.86. The number of rotatable bonds is 10. The predicted octanol–water partition coefficient (Wildman–Crippen LogP) is 6.03. The van der Waals surface area contributed by atoms with E-state index in [2.05, 4.69) is 31.2 Å². The number of ether oxygens (including phenoxy) is 1. The molecule has 2 aliphatic heterocycles. The molecule has 2 atom stereocenters. The first-order valence-electron chi connectivity index (χ1n) is 10.3. The Kier molecular flexibility index (Phi) is 6.77. The fraction of sp³-hybridized carbons (Fsp3) is 0.682. The molecule has 0 bridgehead atoms. The second-order valence-electron chi connectivity index (χ2n) is 7.67. The number of carbonyl (C=O) groups excluding carboxylic acids is 1. The quantitative estimate of drug-likeness (QED) is 0.486. The third-order valence-corrected chi connectivity index (χ3v) is 5.79. The third-order valence-electron chi connectivity index (χ3n) is 5.79. The molecule has 1 fully saturated rings. The molecule has 138 valence electrons. The predicted molar refractivity (Wildman–Crippen MR) is 102 cm³/mol. The number of fused-ring (bicyclic) bond motifs is 2. The highest BCUT2D eigenvalue weighted by atomic mass is 16.6. The van der Waals surface area contributed by atoms with Crippen molar-refractivity contribution in [2.24, 2.45) is 0 Å². The summed E-state index contributed by atoms with van der Waals surface area (Å²) in [5.41, 5.74) is 2.75. The molecule has 1 saturated heterocycles. The summed E-state index contributed by atoms with van der Waals surface area (Å²) in [5, 5.41) is 0. The molecule has 0 unspecified atom stereocenters. The summed E-state index contributed by atoms with van der Waals surface area (Å²) in [6.07, 6.45) is 13.9. The number of unbranched alkanes of at least 4 members (excludes halogenated alkanes) is 8. The van der Waals surface area contributed by atoms with Crippen LogP contribution in [0, 0.1) is 0 Å². The molecular weight excluding hydrogens is 310 g/mol. The fourth-order valence-electron chi connectivity index (χ4n) is 4.40. The first-order valence-corrected chi connectivity index (χ1v) is 10.3.